The summed E-state index contributed by atoms with van der Waals surface area (Å²) < 4.78 is 0. The van der Waals surface area contributed by atoms with Crippen LogP contribution in [-0.2, 0) is 0 Å². The van der Waals surface area contributed by atoms with Crippen LogP contribution in [0.15, 0.2) is 18.2 Å². The summed E-state index contributed by atoms with van der Waals surface area (Å²) in [6, 6.07) is 5.49. The minimum atomic E-state index is 0.00665. The van der Waals surface area contributed by atoms with Crippen molar-refractivity contribution >= 4 is 11.6 Å². The fraction of sp³-hybridized carbons (Fsp3) is 0.562. The molecule has 0 heterocycles. The van der Waals surface area contributed by atoms with Crippen LogP contribution in [0.5, 0.6) is 0 Å². The number of nitrogens with one attached hydrogen (secondary N) is 1. The molecule has 0 radical (unpaired) electrons. The molecule has 3 nitrogen and oxygen atoms in total. The maximum atomic E-state index is 12.2. The van der Waals surface area contributed by atoms with Crippen molar-refractivity contribution in [2.45, 2.75) is 46.0 Å². The SMILES string of the molecule is CCCC1(CNC(=O)c2cc(N)ccc2C)CCC1. The third-order valence-electron chi connectivity index (χ3n) is 4.32. The molecule has 1 fully saturated rings. The van der Waals surface area contributed by atoms with Gasteiger partial charge in [-0.1, -0.05) is 25.8 Å². The monoisotopic (exact) mass is 260 g/mol. The number of carbonyl (C=O) groups is 1. The van der Waals surface area contributed by atoms with Crippen molar-refractivity contribution in [3.05, 3.63) is 29.3 Å². The van der Waals surface area contributed by atoms with E-state index in [1.165, 1.54) is 32.1 Å². The Balaban J connectivity index is 1.99. The van der Waals surface area contributed by atoms with E-state index in [4.69, 9.17) is 5.73 Å². The Hall–Kier alpha value is -1.51. The number of carbonyl (C=O) groups excluding carboxylic acids is 1. The number of aryl methyl sites for hydroxylation is 1. The number of amides is 1. The summed E-state index contributed by atoms with van der Waals surface area (Å²) in [6.07, 6.45) is 6.19. The molecule has 0 spiro atoms. The molecule has 1 aliphatic rings. The Labute approximate surface area is 115 Å². The molecule has 3 N–H and O–H groups in total. The first-order valence-corrected chi connectivity index (χ1v) is 7.21. The van der Waals surface area contributed by atoms with Gasteiger partial charge in [0.15, 0.2) is 0 Å². The van der Waals surface area contributed by atoms with E-state index >= 15 is 0 Å². The zero-order chi connectivity index (χ0) is 13.9. The van der Waals surface area contributed by atoms with Gasteiger partial charge >= 0.3 is 0 Å². The van der Waals surface area contributed by atoms with Crippen molar-refractivity contribution in [3.63, 3.8) is 0 Å². The van der Waals surface area contributed by atoms with E-state index in [1.54, 1.807) is 6.07 Å². The third kappa shape index (κ3) is 3.09. The molecule has 0 aromatic heterocycles. The summed E-state index contributed by atoms with van der Waals surface area (Å²) >= 11 is 0. The highest BCUT2D eigenvalue weighted by Gasteiger charge is 2.36. The van der Waals surface area contributed by atoms with Crippen LogP contribution in [0.2, 0.25) is 0 Å². The summed E-state index contributed by atoms with van der Waals surface area (Å²) in [4.78, 5) is 12.2. The Kier molecular flexibility index (Phi) is 4.13. The van der Waals surface area contributed by atoms with Gasteiger partial charge in [-0.2, -0.15) is 0 Å². The van der Waals surface area contributed by atoms with E-state index < -0.39 is 0 Å². The van der Waals surface area contributed by atoms with Crippen molar-refractivity contribution < 1.29 is 4.79 Å². The lowest BCUT2D eigenvalue weighted by Gasteiger charge is -2.42. The van der Waals surface area contributed by atoms with Crippen LogP contribution in [0.1, 0.15) is 54.9 Å². The lowest BCUT2D eigenvalue weighted by Crippen LogP contribution is -2.42. The molecule has 19 heavy (non-hydrogen) atoms. The molecule has 0 unspecified atom stereocenters. The highest BCUT2D eigenvalue weighted by atomic mass is 16.1. The number of hydrogen-bond acceptors (Lipinski definition) is 2. The van der Waals surface area contributed by atoms with Gasteiger partial charge < -0.3 is 11.1 Å². The minimum absolute atomic E-state index is 0.00665. The highest BCUT2D eigenvalue weighted by Crippen LogP contribution is 2.44. The second-order valence-electron chi connectivity index (χ2n) is 5.86. The number of anilines is 1. The number of nitrogens with two attached hydrogens (primary N) is 1. The van der Waals surface area contributed by atoms with E-state index in [2.05, 4.69) is 12.2 Å². The number of benzene rings is 1. The molecule has 3 heteroatoms. The molecule has 0 aliphatic heterocycles. The first-order chi connectivity index (χ1) is 9.06. The molecule has 0 bridgehead atoms. The van der Waals surface area contributed by atoms with E-state index in [0.717, 1.165) is 12.1 Å². The van der Waals surface area contributed by atoms with Crippen LogP contribution in [-0.4, -0.2) is 12.5 Å². The summed E-state index contributed by atoms with van der Waals surface area (Å²) in [5.74, 6) is 0.00665. The van der Waals surface area contributed by atoms with Gasteiger partial charge in [-0.05, 0) is 49.3 Å². The fourth-order valence-corrected chi connectivity index (χ4v) is 2.97. The summed E-state index contributed by atoms with van der Waals surface area (Å²) in [6.45, 7) is 4.96. The molecular formula is C16H24N2O. The van der Waals surface area contributed by atoms with E-state index in [1.807, 2.05) is 19.1 Å². The normalized spacial score (nSPS) is 16.7. The Morgan fingerprint density at radius 3 is 2.74 bits per heavy atom. The lowest BCUT2D eigenvalue weighted by molar-refractivity contribution is 0.0832. The smallest absolute Gasteiger partial charge is 0.251 e. The predicted molar refractivity (Wildman–Crippen MR) is 79.1 cm³/mol. The van der Waals surface area contributed by atoms with E-state index in [-0.39, 0.29) is 5.91 Å². The van der Waals surface area contributed by atoms with Gasteiger partial charge in [0, 0.05) is 17.8 Å². The van der Waals surface area contributed by atoms with Crippen LogP contribution in [0.3, 0.4) is 0 Å². The second-order valence-corrected chi connectivity index (χ2v) is 5.86. The first kappa shape index (κ1) is 13.9. The summed E-state index contributed by atoms with van der Waals surface area (Å²) in [7, 11) is 0. The van der Waals surface area contributed by atoms with Crippen molar-refractivity contribution in [2.24, 2.45) is 5.41 Å². The minimum Gasteiger partial charge on any atom is -0.399 e. The average molecular weight is 260 g/mol. The fourth-order valence-electron chi connectivity index (χ4n) is 2.97. The Morgan fingerprint density at radius 1 is 1.42 bits per heavy atom. The number of nitrogen functional groups attached to an aromatic ring is 1. The van der Waals surface area contributed by atoms with Gasteiger partial charge in [0.1, 0.15) is 0 Å². The maximum absolute atomic E-state index is 12.2. The molecule has 0 atom stereocenters. The second kappa shape index (κ2) is 5.64. The van der Waals surface area contributed by atoms with Gasteiger partial charge in [0.25, 0.3) is 5.91 Å². The summed E-state index contributed by atoms with van der Waals surface area (Å²) in [5, 5.41) is 3.10. The predicted octanol–water partition coefficient (Wildman–Crippen LogP) is 3.28. The maximum Gasteiger partial charge on any atom is 0.251 e. The van der Waals surface area contributed by atoms with Gasteiger partial charge in [0.05, 0.1) is 0 Å². The number of rotatable bonds is 5. The quantitative estimate of drug-likeness (QED) is 0.798. The molecule has 1 amide bonds. The van der Waals surface area contributed by atoms with Gasteiger partial charge in [-0.25, -0.2) is 0 Å². The van der Waals surface area contributed by atoms with Crippen LogP contribution in [0, 0.1) is 12.3 Å². The van der Waals surface area contributed by atoms with Gasteiger partial charge in [-0.15, -0.1) is 0 Å². The molecule has 2 rings (SSSR count). The molecule has 1 aromatic rings. The molecule has 104 valence electrons. The Bertz CT molecular complexity index is 464. The van der Waals surface area contributed by atoms with Crippen LogP contribution in [0.25, 0.3) is 0 Å². The largest absolute Gasteiger partial charge is 0.399 e. The third-order valence-corrected chi connectivity index (χ3v) is 4.32. The topological polar surface area (TPSA) is 55.1 Å². The molecular weight excluding hydrogens is 236 g/mol. The van der Waals surface area contributed by atoms with Crippen molar-refractivity contribution in [3.8, 4) is 0 Å². The van der Waals surface area contributed by atoms with Crippen LogP contribution in [0.4, 0.5) is 5.69 Å². The van der Waals surface area contributed by atoms with Crippen molar-refractivity contribution in [1.29, 1.82) is 0 Å². The average Bonchev–Trinajstić information content (AvgIpc) is 2.35. The van der Waals surface area contributed by atoms with Crippen molar-refractivity contribution in [2.75, 3.05) is 12.3 Å². The standard InChI is InChI=1S/C16H24N2O/c1-3-7-16(8-4-9-16)11-18-15(19)14-10-13(17)6-5-12(14)2/h5-6,10H,3-4,7-9,11,17H2,1-2H3,(H,18,19). The van der Waals surface area contributed by atoms with Gasteiger partial charge in [-0.3, -0.25) is 4.79 Å². The Morgan fingerprint density at radius 2 is 2.16 bits per heavy atom. The molecule has 1 aliphatic carbocycles. The van der Waals surface area contributed by atoms with Gasteiger partial charge in [0.2, 0.25) is 0 Å². The lowest BCUT2D eigenvalue weighted by atomic mass is 9.66. The summed E-state index contributed by atoms with van der Waals surface area (Å²) in [5.41, 5.74) is 8.43. The van der Waals surface area contributed by atoms with E-state index in [9.17, 15) is 4.79 Å². The molecule has 0 saturated heterocycles. The van der Waals surface area contributed by atoms with E-state index in [0.29, 0.717) is 16.7 Å². The highest BCUT2D eigenvalue weighted by molar-refractivity contribution is 5.96. The van der Waals surface area contributed by atoms with Crippen molar-refractivity contribution in [1.82, 2.24) is 5.32 Å². The van der Waals surface area contributed by atoms with Crippen LogP contribution < -0.4 is 11.1 Å². The number of hydrogen-bond donors (Lipinski definition) is 2. The zero-order valence-corrected chi connectivity index (χ0v) is 12.0. The zero-order valence-electron chi connectivity index (χ0n) is 12.0. The molecule has 1 aromatic carbocycles. The first-order valence-electron chi connectivity index (χ1n) is 7.21. The molecule has 1 saturated carbocycles. The van der Waals surface area contributed by atoms with Crippen LogP contribution >= 0.6 is 0 Å².